The number of fused-ring (bicyclic) bond motifs is 1. The van der Waals surface area contributed by atoms with Crippen LogP contribution in [0.3, 0.4) is 0 Å². The van der Waals surface area contributed by atoms with E-state index in [9.17, 15) is 4.79 Å². The normalized spacial score (nSPS) is 16.2. The molecule has 0 saturated carbocycles. The van der Waals surface area contributed by atoms with Gasteiger partial charge in [0, 0.05) is 34.8 Å². The van der Waals surface area contributed by atoms with Gasteiger partial charge in [0.1, 0.15) is 0 Å². The third-order valence-corrected chi connectivity index (χ3v) is 7.66. The van der Waals surface area contributed by atoms with E-state index in [1.807, 2.05) is 84.6 Å². The Morgan fingerprint density at radius 2 is 1.70 bits per heavy atom. The van der Waals surface area contributed by atoms with Gasteiger partial charge >= 0.3 is 0 Å². The van der Waals surface area contributed by atoms with Gasteiger partial charge in [-0.25, -0.2) is 0 Å². The van der Waals surface area contributed by atoms with Gasteiger partial charge in [0.15, 0.2) is 11.5 Å². The maximum Gasteiger partial charge on any atom is 0.232 e. The van der Waals surface area contributed by atoms with Crippen molar-refractivity contribution in [2.45, 2.75) is 51.8 Å². The Bertz CT molecular complexity index is 1460. The Morgan fingerprint density at radius 3 is 2.35 bits per heavy atom. The highest BCUT2D eigenvalue weighted by molar-refractivity contribution is 6.30. The van der Waals surface area contributed by atoms with E-state index in [2.05, 4.69) is 24.1 Å². The van der Waals surface area contributed by atoms with Crippen LogP contribution in [0.5, 0.6) is 11.5 Å². The SMILES string of the molecule is CC[C@@H](C)Oc1cc2c(cc1OC)CC(=O)N(c1ccc(NC(C)c3ccncc3)cc1)[C@@H]2c1ccc(Cl)cc1. The molecule has 0 fully saturated rings. The Kier molecular flexibility index (Phi) is 8.27. The Balaban J connectivity index is 1.53. The first-order valence-corrected chi connectivity index (χ1v) is 14.0. The van der Waals surface area contributed by atoms with Crippen LogP contribution in [0.4, 0.5) is 11.4 Å². The van der Waals surface area contributed by atoms with Crippen LogP contribution in [0, 0.1) is 0 Å². The molecule has 2 heterocycles. The second-order valence-electron chi connectivity index (χ2n) is 10.1. The number of rotatable bonds is 9. The van der Waals surface area contributed by atoms with Crippen LogP contribution in [0.25, 0.3) is 0 Å². The number of nitrogens with one attached hydrogen (secondary N) is 1. The van der Waals surface area contributed by atoms with Crippen LogP contribution in [0.2, 0.25) is 5.02 Å². The fourth-order valence-corrected chi connectivity index (χ4v) is 5.20. The number of ether oxygens (including phenoxy) is 2. The second-order valence-corrected chi connectivity index (χ2v) is 10.6. The average Bonchev–Trinajstić information content (AvgIpc) is 2.97. The van der Waals surface area contributed by atoms with Crippen molar-refractivity contribution in [2.75, 3.05) is 17.3 Å². The number of nitrogens with zero attached hydrogens (tertiary/aromatic N) is 2. The number of anilines is 2. The summed E-state index contributed by atoms with van der Waals surface area (Å²) < 4.78 is 11.9. The molecule has 1 aromatic heterocycles. The topological polar surface area (TPSA) is 63.7 Å². The fourth-order valence-electron chi connectivity index (χ4n) is 5.08. The van der Waals surface area contributed by atoms with Gasteiger partial charge in [0.2, 0.25) is 5.91 Å². The lowest BCUT2D eigenvalue weighted by atomic mass is 9.86. The average molecular weight is 556 g/mol. The summed E-state index contributed by atoms with van der Waals surface area (Å²) in [6, 6.07) is 23.4. The highest BCUT2D eigenvalue weighted by Crippen LogP contribution is 2.44. The number of aromatic nitrogens is 1. The van der Waals surface area contributed by atoms with Gasteiger partial charge in [-0.2, -0.15) is 0 Å². The molecule has 3 atom stereocenters. The number of pyridine rings is 1. The lowest BCUT2D eigenvalue weighted by molar-refractivity contribution is -0.118. The largest absolute Gasteiger partial charge is 0.493 e. The number of carbonyl (C=O) groups excluding carboxylic acids is 1. The summed E-state index contributed by atoms with van der Waals surface area (Å²) in [5, 5.41) is 4.18. The summed E-state index contributed by atoms with van der Waals surface area (Å²) >= 11 is 6.25. The summed E-state index contributed by atoms with van der Waals surface area (Å²) in [7, 11) is 1.63. The van der Waals surface area contributed by atoms with Crippen LogP contribution in [-0.2, 0) is 11.2 Å². The van der Waals surface area contributed by atoms with Gasteiger partial charge in [0.05, 0.1) is 25.7 Å². The highest BCUT2D eigenvalue weighted by Gasteiger charge is 2.36. The molecule has 0 bridgehead atoms. The van der Waals surface area contributed by atoms with Crippen LogP contribution >= 0.6 is 11.6 Å². The molecular weight excluding hydrogens is 522 g/mol. The van der Waals surface area contributed by atoms with E-state index in [1.165, 1.54) is 0 Å². The zero-order chi connectivity index (χ0) is 28.2. The first-order valence-electron chi connectivity index (χ1n) is 13.6. The molecule has 206 valence electrons. The number of benzene rings is 3. The van der Waals surface area contributed by atoms with Crippen molar-refractivity contribution >= 4 is 28.9 Å². The molecule has 0 saturated heterocycles. The van der Waals surface area contributed by atoms with Crippen molar-refractivity contribution in [1.29, 1.82) is 0 Å². The minimum atomic E-state index is -0.353. The molecule has 4 aromatic rings. The molecule has 5 rings (SSSR count). The Hall–Kier alpha value is -4.03. The second kappa shape index (κ2) is 12.0. The first-order chi connectivity index (χ1) is 19.4. The number of hydrogen-bond acceptors (Lipinski definition) is 5. The standard InChI is InChI=1S/C33H34ClN3O3/c1-5-21(2)40-31-20-29-25(18-30(31)39-4)19-32(38)37(33(29)24-6-8-26(34)9-7-24)28-12-10-27(11-13-28)36-22(3)23-14-16-35-17-15-23/h6-18,20-22,33,36H,5,19H2,1-4H3/t21-,22?,33-/m1/s1. The van der Waals surface area contributed by atoms with Crippen molar-refractivity contribution < 1.29 is 14.3 Å². The third kappa shape index (κ3) is 5.77. The lowest BCUT2D eigenvalue weighted by Gasteiger charge is -2.38. The predicted octanol–water partition coefficient (Wildman–Crippen LogP) is 7.77. The van der Waals surface area contributed by atoms with E-state index < -0.39 is 0 Å². The highest BCUT2D eigenvalue weighted by atomic mass is 35.5. The molecule has 0 radical (unpaired) electrons. The number of amides is 1. The van der Waals surface area contributed by atoms with E-state index in [0.717, 1.165) is 40.0 Å². The molecule has 40 heavy (non-hydrogen) atoms. The molecule has 1 N–H and O–H groups in total. The maximum absolute atomic E-state index is 13.8. The molecule has 1 amide bonds. The predicted molar refractivity (Wildman–Crippen MR) is 161 cm³/mol. The smallest absolute Gasteiger partial charge is 0.232 e. The van der Waals surface area contributed by atoms with E-state index in [-0.39, 0.29) is 30.5 Å². The summed E-state index contributed by atoms with van der Waals surface area (Å²) in [5.74, 6) is 1.32. The number of hydrogen-bond donors (Lipinski definition) is 1. The fraction of sp³-hybridized carbons (Fsp3) is 0.273. The van der Waals surface area contributed by atoms with Gasteiger partial charge in [-0.05, 0) is 103 Å². The Morgan fingerprint density at radius 1 is 1.00 bits per heavy atom. The summed E-state index contributed by atoms with van der Waals surface area (Å²) in [4.78, 5) is 19.8. The van der Waals surface area contributed by atoms with Gasteiger partial charge in [-0.1, -0.05) is 30.7 Å². The molecule has 7 heteroatoms. The van der Waals surface area contributed by atoms with Gasteiger partial charge in [-0.15, -0.1) is 0 Å². The monoisotopic (exact) mass is 555 g/mol. The van der Waals surface area contributed by atoms with Gasteiger partial charge < -0.3 is 19.7 Å². The summed E-state index contributed by atoms with van der Waals surface area (Å²) in [6.07, 6.45) is 4.74. The van der Waals surface area contributed by atoms with E-state index in [1.54, 1.807) is 19.5 Å². The van der Waals surface area contributed by atoms with Crippen molar-refractivity contribution in [1.82, 2.24) is 4.98 Å². The van der Waals surface area contributed by atoms with Crippen LogP contribution in [-0.4, -0.2) is 24.1 Å². The van der Waals surface area contributed by atoms with Crippen LogP contribution in [0.1, 0.15) is 61.5 Å². The molecule has 3 aromatic carbocycles. The molecule has 6 nitrogen and oxygen atoms in total. The van der Waals surface area contributed by atoms with Crippen molar-refractivity contribution in [3.8, 4) is 11.5 Å². The van der Waals surface area contributed by atoms with Gasteiger partial charge in [-0.3, -0.25) is 9.78 Å². The summed E-state index contributed by atoms with van der Waals surface area (Å²) in [6.45, 7) is 6.23. The minimum Gasteiger partial charge on any atom is -0.493 e. The van der Waals surface area contributed by atoms with E-state index >= 15 is 0 Å². The molecular formula is C33H34ClN3O3. The van der Waals surface area contributed by atoms with Crippen LogP contribution in [0.15, 0.2) is 85.2 Å². The maximum atomic E-state index is 13.8. The Labute approximate surface area is 240 Å². The minimum absolute atomic E-state index is 0.0101. The van der Waals surface area contributed by atoms with E-state index in [0.29, 0.717) is 16.5 Å². The first kappa shape index (κ1) is 27.5. The van der Waals surface area contributed by atoms with Gasteiger partial charge in [0.25, 0.3) is 0 Å². The molecule has 1 unspecified atom stereocenters. The zero-order valence-electron chi connectivity index (χ0n) is 23.2. The van der Waals surface area contributed by atoms with E-state index in [4.69, 9.17) is 21.1 Å². The molecule has 0 aliphatic carbocycles. The number of halogens is 1. The molecule has 0 spiro atoms. The lowest BCUT2D eigenvalue weighted by Crippen LogP contribution is -2.41. The third-order valence-electron chi connectivity index (χ3n) is 7.41. The van der Waals surface area contributed by atoms with Crippen LogP contribution < -0.4 is 19.7 Å². The summed E-state index contributed by atoms with van der Waals surface area (Å²) in [5.41, 5.74) is 5.84. The zero-order valence-corrected chi connectivity index (χ0v) is 24.0. The van der Waals surface area contributed by atoms with Crippen molar-refractivity contribution in [2.24, 2.45) is 0 Å². The quantitative estimate of drug-likeness (QED) is 0.228. The van der Waals surface area contributed by atoms with Crippen molar-refractivity contribution in [3.63, 3.8) is 0 Å². The van der Waals surface area contributed by atoms with Crippen molar-refractivity contribution in [3.05, 3.63) is 112 Å². The number of methoxy groups -OCH3 is 1. The molecule has 1 aliphatic rings. The number of carbonyl (C=O) groups is 1. The molecule has 1 aliphatic heterocycles.